The zero-order chi connectivity index (χ0) is 18.9. The van der Waals surface area contributed by atoms with E-state index in [0.29, 0.717) is 5.56 Å². The minimum atomic E-state index is -4.88. The SMILES string of the molecule is O=S(=O)(O)C1O[C@@H](Oc2cccnc2-c2cncnc2)[C@H](O)[C@@H](O)[C@@H]1O. The summed E-state index contributed by atoms with van der Waals surface area (Å²) < 4.78 is 42.2. The molecule has 3 rings (SSSR count). The molecule has 1 aliphatic heterocycles. The highest BCUT2D eigenvalue weighted by Gasteiger charge is 2.50. The molecule has 0 amide bonds. The Bertz CT molecular complexity index is 866. The van der Waals surface area contributed by atoms with Gasteiger partial charge in [0.25, 0.3) is 10.1 Å². The fourth-order valence-electron chi connectivity index (χ4n) is 2.41. The van der Waals surface area contributed by atoms with Crippen LogP contribution in [0.2, 0.25) is 0 Å². The quantitative estimate of drug-likeness (QED) is 0.455. The van der Waals surface area contributed by atoms with Crippen LogP contribution >= 0.6 is 0 Å². The van der Waals surface area contributed by atoms with Crippen LogP contribution in [0.15, 0.2) is 37.1 Å². The molecular weight excluding hydrogens is 370 g/mol. The zero-order valence-corrected chi connectivity index (χ0v) is 13.8. The van der Waals surface area contributed by atoms with E-state index in [-0.39, 0.29) is 11.4 Å². The Morgan fingerprint density at radius 3 is 2.42 bits per heavy atom. The molecule has 4 N–H and O–H groups in total. The van der Waals surface area contributed by atoms with Crippen LogP contribution in [0, 0.1) is 0 Å². The highest BCUT2D eigenvalue weighted by Crippen LogP contribution is 2.31. The topological polar surface area (TPSA) is 172 Å². The lowest BCUT2D eigenvalue weighted by Crippen LogP contribution is -2.61. The molecule has 1 fully saturated rings. The van der Waals surface area contributed by atoms with Crippen molar-refractivity contribution < 1.29 is 37.8 Å². The van der Waals surface area contributed by atoms with Crippen molar-refractivity contribution in [2.75, 3.05) is 0 Å². The van der Waals surface area contributed by atoms with E-state index in [1.165, 1.54) is 37.1 Å². The number of hydrogen-bond donors (Lipinski definition) is 4. The molecule has 0 aromatic carbocycles. The maximum Gasteiger partial charge on any atom is 0.295 e. The third-order valence-electron chi connectivity index (χ3n) is 3.67. The second-order valence-electron chi connectivity index (χ2n) is 5.45. The number of pyridine rings is 1. The van der Waals surface area contributed by atoms with Crippen molar-refractivity contribution in [3.63, 3.8) is 0 Å². The Hall–Kier alpha value is -2.22. The van der Waals surface area contributed by atoms with Gasteiger partial charge in [0.1, 0.15) is 36.1 Å². The molecule has 3 heterocycles. The van der Waals surface area contributed by atoms with Crippen molar-refractivity contribution in [1.82, 2.24) is 15.0 Å². The van der Waals surface area contributed by atoms with E-state index in [2.05, 4.69) is 15.0 Å². The molecule has 12 heteroatoms. The summed E-state index contributed by atoms with van der Waals surface area (Å²) in [5.74, 6) is 0.0732. The van der Waals surface area contributed by atoms with E-state index >= 15 is 0 Å². The molecule has 140 valence electrons. The maximum atomic E-state index is 11.3. The van der Waals surface area contributed by atoms with Crippen molar-refractivity contribution in [3.05, 3.63) is 37.1 Å². The Labute approximate surface area is 147 Å². The third-order valence-corrected chi connectivity index (χ3v) is 4.64. The first-order chi connectivity index (χ1) is 12.3. The lowest BCUT2D eigenvalue weighted by atomic mass is 10.1. The Morgan fingerprint density at radius 2 is 1.77 bits per heavy atom. The summed E-state index contributed by atoms with van der Waals surface area (Å²) in [6, 6.07) is 2.98. The second kappa shape index (κ2) is 7.19. The number of aromatic nitrogens is 3. The van der Waals surface area contributed by atoms with Gasteiger partial charge in [-0.25, -0.2) is 9.97 Å². The monoisotopic (exact) mass is 385 g/mol. The van der Waals surface area contributed by atoms with Crippen LogP contribution in [0.25, 0.3) is 11.3 Å². The van der Waals surface area contributed by atoms with Gasteiger partial charge in [-0.2, -0.15) is 8.42 Å². The predicted octanol–water partition coefficient (Wildman–Crippen LogP) is -1.43. The van der Waals surface area contributed by atoms with Crippen LogP contribution in [-0.4, -0.2) is 73.3 Å². The molecule has 26 heavy (non-hydrogen) atoms. The van der Waals surface area contributed by atoms with Gasteiger partial charge in [0.2, 0.25) is 11.7 Å². The van der Waals surface area contributed by atoms with Gasteiger partial charge in [0.15, 0.2) is 0 Å². The van der Waals surface area contributed by atoms with Crippen LogP contribution < -0.4 is 4.74 Å². The van der Waals surface area contributed by atoms with E-state index in [1.54, 1.807) is 0 Å². The van der Waals surface area contributed by atoms with Gasteiger partial charge in [-0.15, -0.1) is 0 Å². The number of aliphatic hydroxyl groups is 3. The van der Waals surface area contributed by atoms with Gasteiger partial charge < -0.3 is 24.8 Å². The van der Waals surface area contributed by atoms with Gasteiger partial charge >= 0.3 is 0 Å². The first-order valence-corrected chi connectivity index (χ1v) is 8.82. The molecule has 1 unspecified atom stereocenters. The smallest absolute Gasteiger partial charge is 0.295 e. The molecule has 1 aliphatic rings. The molecule has 11 nitrogen and oxygen atoms in total. The van der Waals surface area contributed by atoms with Crippen LogP contribution in [0.3, 0.4) is 0 Å². The lowest BCUT2D eigenvalue weighted by Gasteiger charge is -2.38. The summed E-state index contributed by atoms with van der Waals surface area (Å²) in [6.45, 7) is 0. The number of ether oxygens (including phenoxy) is 2. The number of aliphatic hydroxyl groups excluding tert-OH is 3. The predicted molar refractivity (Wildman–Crippen MR) is 84.1 cm³/mol. The largest absolute Gasteiger partial charge is 0.460 e. The van der Waals surface area contributed by atoms with Crippen LogP contribution in [0.4, 0.5) is 0 Å². The van der Waals surface area contributed by atoms with Crippen molar-refractivity contribution in [3.8, 4) is 17.0 Å². The summed E-state index contributed by atoms with van der Waals surface area (Å²) in [5.41, 5.74) is -1.45. The van der Waals surface area contributed by atoms with Gasteiger partial charge in [0, 0.05) is 24.2 Å². The van der Waals surface area contributed by atoms with Crippen molar-refractivity contribution >= 4 is 10.1 Å². The molecule has 1 saturated heterocycles. The fourth-order valence-corrected chi connectivity index (χ4v) is 3.17. The zero-order valence-electron chi connectivity index (χ0n) is 13.0. The summed E-state index contributed by atoms with van der Waals surface area (Å²) in [4.78, 5) is 11.8. The van der Waals surface area contributed by atoms with E-state index in [1.807, 2.05) is 0 Å². The average molecular weight is 385 g/mol. The van der Waals surface area contributed by atoms with Crippen LogP contribution in [0.5, 0.6) is 5.75 Å². The molecule has 0 spiro atoms. The molecule has 0 radical (unpaired) electrons. The molecule has 2 aromatic rings. The third kappa shape index (κ3) is 3.65. The molecule has 0 aliphatic carbocycles. The molecule has 0 bridgehead atoms. The number of nitrogens with zero attached hydrogens (tertiary/aromatic N) is 3. The fraction of sp³-hybridized carbons (Fsp3) is 0.357. The minimum Gasteiger partial charge on any atom is -0.460 e. The Morgan fingerprint density at radius 1 is 1.08 bits per heavy atom. The molecule has 0 saturated carbocycles. The first-order valence-electron chi connectivity index (χ1n) is 7.32. The molecule has 2 aromatic heterocycles. The standard InChI is InChI=1S/C14H15N3O8S/c18-10-11(19)13(25-14(12(10)20)26(21,22)23)24-8-2-1-3-17-9(8)7-4-15-6-16-5-7/h1-6,10-14,18-20H,(H,21,22,23)/t10-,11-,12+,13-,14?/m1/s1. The molecule has 5 atom stereocenters. The average Bonchev–Trinajstić information content (AvgIpc) is 2.62. The summed E-state index contributed by atoms with van der Waals surface area (Å²) >= 11 is 0. The van der Waals surface area contributed by atoms with Gasteiger partial charge in [-0.3, -0.25) is 9.54 Å². The van der Waals surface area contributed by atoms with Gasteiger partial charge in [-0.1, -0.05) is 0 Å². The minimum absolute atomic E-state index is 0.0732. The van der Waals surface area contributed by atoms with E-state index in [0.717, 1.165) is 0 Å². The first kappa shape index (κ1) is 18.6. The van der Waals surface area contributed by atoms with Crippen LogP contribution in [-0.2, 0) is 14.9 Å². The van der Waals surface area contributed by atoms with Crippen molar-refractivity contribution in [1.29, 1.82) is 0 Å². The van der Waals surface area contributed by atoms with Crippen molar-refractivity contribution in [2.45, 2.75) is 30.0 Å². The normalized spacial score (nSPS) is 29.3. The number of hydrogen-bond acceptors (Lipinski definition) is 10. The van der Waals surface area contributed by atoms with Gasteiger partial charge in [-0.05, 0) is 12.1 Å². The van der Waals surface area contributed by atoms with Crippen molar-refractivity contribution in [2.24, 2.45) is 0 Å². The number of rotatable bonds is 4. The lowest BCUT2D eigenvalue weighted by molar-refractivity contribution is -0.254. The molecular formula is C14H15N3O8S. The van der Waals surface area contributed by atoms with Crippen LogP contribution in [0.1, 0.15) is 0 Å². The second-order valence-corrected chi connectivity index (χ2v) is 6.95. The summed E-state index contributed by atoms with van der Waals surface area (Å²) in [5, 5.41) is 29.6. The van der Waals surface area contributed by atoms with Gasteiger partial charge in [0.05, 0.1) is 0 Å². The highest BCUT2D eigenvalue weighted by molar-refractivity contribution is 7.86. The Kier molecular flexibility index (Phi) is 5.13. The van der Waals surface area contributed by atoms with E-state index in [4.69, 9.17) is 14.0 Å². The summed E-state index contributed by atoms with van der Waals surface area (Å²) in [7, 11) is -4.88. The Balaban J connectivity index is 1.91. The van der Waals surface area contributed by atoms with E-state index < -0.39 is 40.2 Å². The highest BCUT2D eigenvalue weighted by atomic mass is 32.2. The maximum absolute atomic E-state index is 11.3. The van der Waals surface area contributed by atoms with E-state index in [9.17, 15) is 23.7 Å². The summed E-state index contributed by atoms with van der Waals surface area (Å²) in [6.07, 6.45) is -1.78.